The number of para-hydroxylation sites is 1. The van der Waals surface area contributed by atoms with Gasteiger partial charge in [-0.1, -0.05) is 30.0 Å². The van der Waals surface area contributed by atoms with Gasteiger partial charge in [0.1, 0.15) is 16.7 Å². The van der Waals surface area contributed by atoms with Crippen LogP contribution >= 0.6 is 11.8 Å². The van der Waals surface area contributed by atoms with Gasteiger partial charge in [-0.25, -0.2) is 15.8 Å². The van der Waals surface area contributed by atoms with E-state index in [9.17, 15) is 0 Å². The Balaban J connectivity index is 1.94. The summed E-state index contributed by atoms with van der Waals surface area (Å²) < 4.78 is 0. The first kappa shape index (κ1) is 12.0. The van der Waals surface area contributed by atoms with Crippen molar-refractivity contribution < 1.29 is 0 Å². The van der Waals surface area contributed by atoms with Gasteiger partial charge in [0.15, 0.2) is 0 Å². The van der Waals surface area contributed by atoms with Gasteiger partial charge >= 0.3 is 0 Å². The Hall–Kier alpha value is -2.05. The fourth-order valence-electron chi connectivity index (χ4n) is 1.88. The van der Waals surface area contributed by atoms with Gasteiger partial charge in [-0.3, -0.25) is 0 Å². The van der Waals surface area contributed by atoms with E-state index >= 15 is 0 Å². The zero-order valence-corrected chi connectivity index (χ0v) is 11.2. The number of nitrogens with two attached hydrogens (primary N) is 1. The fourth-order valence-corrected chi connectivity index (χ4v) is 2.80. The van der Waals surface area contributed by atoms with Gasteiger partial charge in [0, 0.05) is 17.0 Å². The maximum Gasteiger partial charge on any atom is 0.144 e. The summed E-state index contributed by atoms with van der Waals surface area (Å²) in [4.78, 5) is 11.9. The Labute approximate surface area is 114 Å². The molecule has 0 spiro atoms. The molecule has 19 heavy (non-hydrogen) atoms. The van der Waals surface area contributed by atoms with Gasteiger partial charge in [0.25, 0.3) is 0 Å². The molecule has 2 heterocycles. The van der Waals surface area contributed by atoms with Crippen LogP contribution in [-0.2, 0) is 0 Å². The number of benzene rings is 1. The molecule has 3 rings (SSSR count). The highest BCUT2D eigenvalue weighted by Gasteiger charge is 2.06. The number of H-pyrrole nitrogens is 1. The van der Waals surface area contributed by atoms with E-state index in [1.54, 1.807) is 11.8 Å². The third-order valence-corrected chi connectivity index (χ3v) is 3.54. The maximum absolute atomic E-state index is 5.38. The molecule has 0 aliphatic carbocycles. The van der Waals surface area contributed by atoms with Gasteiger partial charge in [0.05, 0.1) is 5.03 Å². The monoisotopic (exact) mass is 271 g/mol. The quantitative estimate of drug-likeness (QED) is 0.388. The van der Waals surface area contributed by atoms with E-state index in [1.165, 1.54) is 5.39 Å². The minimum Gasteiger partial charge on any atom is -0.349 e. The average Bonchev–Trinajstić information content (AvgIpc) is 2.80. The molecule has 0 atom stereocenters. The van der Waals surface area contributed by atoms with Crippen molar-refractivity contribution >= 4 is 28.5 Å². The summed E-state index contributed by atoms with van der Waals surface area (Å²) in [6.07, 6.45) is 0. The molecule has 6 heteroatoms. The van der Waals surface area contributed by atoms with E-state index in [0.717, 1.165) is 15.6 Å². The number of hydrogen-bond acceptors (Lipinski definition) is 5. The molecule has 3 aromatic rings. The van der Waals surface area contributed by atoms with Crippen LogP contribution in [-0.4, -0.2) is 15.0 Å². The van der Waals surface area contributed by atoms with Crippen LogP contribution in [0.15, 0.2) is 46.5 Å². The summed E-state index contributed by atoms with van der Waals surface area (Å²) in [6.45, 7) is 1.84. The van der Waals surface area contributed by atoms with E-state index in [2.05, 4.69) is 38.6 Å². The highest BCUT2D eigenvalue weighted by molar-refractivity contribution is 7.99. The number of nitrogens with zero attached hydrogens (tertiary/aromatic N) is 2. The number of rotatable bonds is 3. The van der Waals surface area contributed by atoms with Crippen molar-refractivity contribution in [3.8, 4) is 0 Å². The van der Waals surface area contributed by atoms with Crippen molar-refractivity contribution in [2.24, 2.45) is 5.84 Å². The van der Waals surface area contributed by atoms with Gasteiger partial charge in [-0.05, 0) is 19.1 Å². The Morgan fingerprint density at radius 2 is 2.05 bits per heavy atom. The highest BCUT2D eigenvalue weighted by Crippen LogP contribution is 2.29. The first-order valence-electron chi connectivity index (χ1n) is 5.82. The molecule has 1 aromatic carbocycles. The number of anilines is 1. The molecule has 0 aliphatic rings. The molecule has 2 aromatic heterocycles. The molecular formula is C13H13N5S. The zero-order chi connectivity index (χ0) is 13.2. The molecule has 0 fully saturated rings. The maximum atomic E-state index is 5.38. The van der Waals surface area contributed by atoms with Crippen LogP contribution in [0.5, 0.6) is 0 Å². The predicted molar refractivity (Wildman–Crippen MR) is 77.0 cm³/mol. The van der Waals surface area contributed by atoms with E-state index in [-0.39, 0.29) is 0 Å². The molecule has 5 nitrogen and oxygen atoms in total. The largest absolute Gasteiger partial charge is 0.349 e. The second-order valence-electron chi connectivity index (χ2n) is 4.11. The van der Waals surface area contributed by atoms with Gasteiger partial charge < -0.3 is 10.4 Å². The number of hydrazine groups is 1. The normalized spacial score (nSPS) is 10.8. The van der Waals surface area contributed by atoms with Crippen molar-refractivity contribution in [1.82, 2.24) is 15.0 Å². The molecule has 0 amide bonds. The number of aromatic nitrogens is 3. The molecule has 0 saturated carbocycles. The third kappa shape index (κ3) is 2.54. The van der Waals surface area contributed by atoms with Crippen molar-refractivity contribution in [1.29, 1.82) is 0 Å². The number of hydrogen-bond donors (Lipinski definition) is 3. The summed E-state index contributed by atoms with van der Waals surface area (Å²) in [6, 6.07) is 12.1. The van der Waals surface area contributed by atoms with Crippen LogP contribution in [0, 0.1) is 6.92 Å². The minimum atomic E-state index is 0.617. The standard InChI is InChI=1S/C13H13N5S/c1-8-15-11(18-14)7-13(16-8)19-12-6-9-4-2-3-5-10(9)17-12/h2-7,17H,14H2,1H3,(H,15,16,18). The van der Waals surface area contributed by atoms with Crippen molar-refractivity contribution in [2.75, 3.05) is 5.43 Å². The van der Waals surface area contributed by atoms with Crippen molar-refractivity contribution in [3.63, 3.8) is 0 Å². The lowest BCUT2D eigenvalue weighted by Gasteiger charge is -2.03. The summed E-state index contributed by atoms with van der Waals surface area (Å²) >= 11 is 1.55. The second kappa shape index (κ2) is 4.91. The average molecular weight is 271 g/mol. The van der Waals surface area contributed by atoms with Crippen LogP contribution in [0.1, 0.15) is 5.82 Å². The SMILES string of the molecule is Cc1nc(NN)cc(Sc2cc3ccccc3[nH]2)n1. The Morgan fingerprint density at radius 1 is 1.21 bits per heavy atom. The lowest BCUT2D eigenvalue weighted by Crippen LogP contribution is -2.09. The van der Waals surface area contributed by atoms with E-state index in [1.807, 2.05) is 25.1 Å². The highest BCUT2D eigenvalue weighted by atomic mass is 32.2. The second-order valence-corrected chi connectivity index (χ2v) is 5.17. The van der Waals surface area contributed by atoms with E-state index in [0.29, 0.717) is 11.6 Å². The molecule has 4 N–H and O–H groups in total. The van der Waals surface area contributed by atoms with E-state index in [4.69, 9.17) is 5.84 Å². The smallest absolute Gasteiger partial charge is 0.144 e. The number of nitrogens with one attached hydrogen (secondary N) is 2. The van der Waals surface area contributed by atoms with Crippen LogP contribution in [0.4, 0.5) is 5.82 Å². The van der Waals surface area contributed by atoms with Gasteiger partial charge in [-0.15, -0.1) is 0 Å². The molecular weight excluding hydrogens is 258 g/mol. The summed E-state index contributed by atoms with van der Waals surface area (Å²) in [7, 11) is 0. The minimum absolute atomic E-state index is 0.617. The Bertz CT molecular complexity index is 689. The Kier molecular flexibility index (Phi) is 3.10. The van der Waals surface area contributed by atoms with Crippen LogP contribution in [0.25, 0.3) is 10.9 Å². The van der Waals surface area contributed by atoms with Crippen molar-refractivity contribution in [3.05, 3.63) is 42.2 Å². The van der Waals surface area contributed by atoms with Crippen LogP contribution < -0.4 is 11.3 Å². The first-order chi connectivity index (χ1) is 9.24. The molecule has 0 saturated heterocycles. The van der Waals surface area contributed by atoms with Crippen LogP contribution in [0.3, 0.4) is 0 Å². The molecule has 0 radical (unpaired) electrons. The summed E-state index contributed by atoms with van der Waals surface area (Å²) in [5.41, 5.74) is 3.66. The number of fused-ring (bicyclic) bond motifs is 1. The third-order valence-electron chi connectivity index (χ3n) is 2.68. The number of aromatic amines is 1. The number of nitrogen functional groups attached to an aromatic ring is 1. The predicted octanol–water partition coefficient (Wildman–Crippen LogP) is 2.70. The lowest BCUT2D eigenvalue weighted by atomic mass is 10.3. The van der Waals surface area contributed by atoms with E-state index < -0.39 is 0 Å². The summed E-state index contributed by atoms with van der Waals surface area (Å²) in [5.74, 6) is 6.69. The Morgan fingerprint density at radius 3 is 2.84 bits per heavy atom. The summed E-state index contributed by atoms with van der Waals surface area (Å²) in [5, 5.41) is 3.09. The molecule has 0 bridgehead atoms. The zero-order valence-electron chi connectivity index (χ0n) is 10.3. The van der Waals surface area contributed by atoms with Crippen molar-refractivity contribution in [2.45, 2.75) is 17.0 Å². The molecule has 0 aliphatic heterocycles. The molecule has 96 valence electrons. The first-order valence-corrected chi connectivity index (χ1v) is 6.64. The van der Waals surface area contributed by atoms with Gasteiger partial charge in [-0.2, -0.15) is 0 Å². The fraction of sp³-hybridized carbons (Fsp3) is 0.0769. The lowest BCUT2D eigenvalue weighted by molar-refractivity contribution is 0.962. The topological polar surface area (TPSA) is 79.6 Å². The number of aryl methyl sites for hydroxylation is 1. The van der Waals surface area contributed by atoms with Crippen LogP contribution in [0.2, 0.25) is 0 Å². The molecule has 0 unspecified atom stereocenters. The van der Waals surface area contributed by atoms with Gasteiger partial charge in [0.2, 0.25) is 0 Å².